The van der Waals surface area contributed by atoms with E-state index in [0.717, 1.165) is 70.6 Å². The Bertz CT molecular complexity index is 1190. The molecule has 45 heavy (non-hydrogen) atoms. The van der Waals surface area contributed by atoms with Gasteiger partial charge in [0.05, 0.1) is 25.7 Å². The van der Waals surface area contributed by atoms with E-state index in [4.69, 9.17) is 9.47 Å². The fourth-order valence-electron chi connectivity index (χ4n) is 10.8. The Morgan fingerprint density at radius 1 is 0.933 bits per heavy atom. The third-order valence-electron chi connectivity index (χ3n) is 14.9. The molecule has 1 unspecified atom stereocenters. The van der Waals surface area contributed by atoms with Gasteiger partial charge in [-0.1, -0.05) is 47.1 Å². The largest absolute Gasteiger partial charge is 0.469 e. The lowest BCUT2D eigenvalue weighted by atomic mass is 9.48. The molecule has 0 aromatic rings. The summed E-state index contributed by atoms with van der Waals surface area (Å²) in [7, 11) is 1.50. The monoisotopic (exact) mass is 626 g/mol. The van der Waals surface area contributed by atoms with Crippen molar-refractivity contribution in [3.05, 3.63) is 11.6 Å². The molecule has 0 spiro atoms. The minimum atomic E-state index is -0.373. The zero-order chi connectivity index (χ0) is 33.1. The number of hydrogen-bond acceptors (Lipinski definition) is 5. The predicted octanol–water partition coefficient (Wildman–Crippen LogP) is 7.72. The Morgan fingerprint density at radius 3 is 2.20 bits per heavy atom. The number of carbonyl (C=O) groups is 3. The van der Waals surface area contributed by atoms with Gasteiger partial charge in [-0.15, -0.1) is 0 Å². The smallest absolute Gasteiger partial charge is 0.317 e. The molecule has 7 heteroatoms. The van der Waals surface area contributed by atoms with Crippen LogP contribution in [0.1, 0.15) is 126 Å². The average molecular weight is 627 g/mol. The SMILES string of the molecule is COC(=O)C1(C)CCC(C)(CC[C@]2(C)C(C)=CC(=O)[C@@H]3C[C@@]4(C)CCC(NC(=O)N5CCOCC5)C(C)(C)[C@@H]4CC[C@]32C)CC1. The first kappa shape index (κ1) is 34.4. The number of methoxy groups -OCH3 is 1. The second-order valence-corrected chi connectivity index (χ2v) is 17.8. The lowest BCUT2D eigenvalue weighted by Gasteiger charge is -2.56. The highest BCUT2D eigenvalue weighted by Gasteiger charge is 2.62. The molecule has 0 aromatic heterocycles. The zero-order valence-corrected chi connectivity index (χ0v) is 29.9. The van der Waals surface area contributed by atoms with Crippen molar-refractivity contribution in [3.8, 4) is 0 Å². The van der Waals surface area contributed by atoms with Crippen molar-refractivity contribution in [2.75, 3.05) is 33.4 Å². The summed E-state index contributed by atoms with van der Waals surface area (Å²) in [5.74, 6) is 0.682. The summed E-state index contributed by atoms with van der Waals surface area (Å²) in [6.07, 6.45) is 13.0. The summed E-state index contributed by atoms with van der Waals surface area (Å²) in [4.78, 5) is 41.7. The number of rotatable bonds is 5. The number of allylic oxidation sites excluding steroid dienone is 2. The van der Waals surface area contributed by atoms with Crippen LogP contribution in [0.4, 0.5) is 4.79 Å². The van der Waals surface area contributed by atoms with Crippen LogP contribution in [0, 0.1) is 44.3 Å². The van der Waals surface area contributed by atoms with Crippen molar-refractivity contribution in [3.63, 3.8) is 0 Å². The maximum Gasteiger partial charge on any atom is 0.317 e. The Kier molecular flexibility index (Phi) is 9.16. The Hall–Kier alpha value is -1.89. The summed E-state index contributed by atoms with van der Waals surface area (Å²) in [6, 6.07) is 0.155. The van der Waals surface area contributed by atoms with E-state index >= 15 is 0 Å². The van der Waals surface area contributed by atoms with Crippen LogP contribution in [0.15, 0.2) is 11.6 Å². The fraction of sp³-hybridized carbons (Fsp3) is 0.868. The van der Waals surface area contributed by atoms with Crippen LogP contribution in [0.3, 0.4) is 0 Å². The highest BCUT2D eigenvalue weighted by Crippen LogP contribution is 2.67. The first-order chi connectivity index (χ1) is 20.9. The fourth-order valence-corrected chi connectivity index (χ4v) is 10.8. The lowest BCUT2D eigenvalue weighted by Crippen LogP contribution is -2.59. The average Bonchev–Trinajstić information content (AvgIpc) is 3.14. The van der Waals surface area contributed by atoms with Gasteiger partial charge in [0, 0.05) is 25.0 Å². The normalized spacial score (nSPS) is 43.3. The molecule has 0 aromatic carbocycles. The highest BCUT2D eigenvalue weighted by molar-refractivity contribution is 5.94. The van der Waals surface area contributed by atoms with Crippen LogP contribution in [-0.4, -0.2) is 62.1 Å². The number of nitrogens with one attached hydrogen (secondary N) is 1. The van der Waals surface area contributed by atoms with Crippen LogP contribution in [0.25, 0.3) is 0 Å². The van der Waals surface area contributed by atoms with Gasteiger partial charge in [-0.2, -0.15) is 0 Å². The van der Waals surface area contributed by atoms with E-state index in [1.807, 2.05) is 11.0 Å². The second kappa shape index (κ2) is 12.0. The number of morpholine rings is 1. The summed E-state index contributed by atoms with van der Waals surface area (Å²) in [6.45, 7) is 21.3. The van der Waals surface area contributed by atoms with E-state index in [9.17, 15) is 14.4 Å². The zero-order valence-electron chi connectivity index (χ0n) is 29.9. The molecule has 5 aliphatic rings. The number of carbonyl (C=O) groups excluding carboxylic acids is 3. The van der Waals surface area contributed by atoms with E-state index in [1.165, 1.54) is 12.7 Å². The first-order valence-electron chi connectivity index (χ1n) is 17.9. The molecule has 3 saturated carbocycles. The van der Waals surface area contributed by atoms with Crippen molar-refractivity contribution in [2.24, 2.45) is 44.3 Å². The van der Waals surface area contributed by atoms with Crippen molar-refractivity contribution in [1.82, 2.24) is 10.2 Å². The quantitative estimate of drug-likeness (QED) is 0.316. The second-order valence-electron chi connectivity index (χ2n) is 17.8. The van der Waals surface area contributed by atoms with Crippen molar-refractivity contribution < 1.29 is 23.9 Å². The number of esters is 1. The number of ether oxygens (including phenoxy) is 2. The van der Waals surface area contributed by atoms with Gasteiger partial charge in [0.25, 0.3) is 0 Å². The third kappa shape index (κ3) is 5.91. The van der Waals surface area contributed by atoms with Gasteiger partial charge in [0.2, 0.25) is 0 Å². The summed E-state index contributed by atoms with van der Waals surface area (Å²) >= 11 is 0. The third-order valence-corrected chi connectivity index (χ3v) is 14.9. The molecule has 7 nitrogen and oxygen atoms in total. The van der Waals surface area contributed by atoms with Gasteiger partial charge >= 0.3 is 12.0 Å². The molecule has 4 aliphatic carbocycles. The molecule has 1 heterocycles. The Morgan fingerprint density at radius 2 is 1.58 bits per heavy atom. The van der Waals surface area contributed by atoms with Gasteiger partial charge < -0.3 is 19.7 Å². The van der Waals surface area contributed by atoms with E-state index in [1.54, 1.807) is 0 Å². The molecule has 0 bridgehead atoms. The van der Waals surface area contributed by atoms with Gasteiger partial charge in [-0.05, 0) is 124 Å². The number of amides is 2. The maximum atomic E-state index is 14.0. The molecule has 5 rings (SSSR count). The highest BCUT2D eigenvalue weighted by atomic mass is 16.5. The van der Waals surface area contributed by atoms with Gasteiger partial charge in [0.1, 0.15) is 0 Å². The molecule has 254 valence electrons. The molecule has 0 radical (unpaired) electrons. The topological polar surface area (TPSA) is 84.9 Å². The van der Waals surface area contributed by atoms with E-state index in [2.05, 4.69) is 60.7 Å². The van der Waals surface area contributed by atoms with Crippen LogP contribution >= 0.6 is 0 Å². The van der Waals surface area contributed by atoms with Crippen molar-refractivity contribution in [1.29, 1.82) is 0 Å². The standard InChI is InChI=1S/C38H62N2O5/c1-26-24-28(41)27-25-36(6)12-11-30(39-32(43)40-20-22-45-23-21-40)33(2,3)29(36)10-13-38(27,8)37(26,7)19-16-34(4)14-17-35(5,18-15-34)31(42)44-9/h24,27,29-30H,10-23,25H2,1-9H3,(H,39,43)/t27-,29-,30?,34?,35?,36+,37+,38+/m0/s1. The molecular weight excluding hydrogens is 564 g/mol. The van der Waals surface area contributed by atoms with E-state index in [0.29, 0.717) is 38.0 Å². The number of nitrogens with zero attached hydrogens (tertiary/aromatic N) is 1. The Labute approximate surface area is 273 Å². The maximum absolute atomic E-state index is 14.0. The molecule has 1 saturated heterocycles. The van der Waals surface area contributed by atoms with Crippen LogP contribution in [0.5, 0.6) is 0 Å². The Balaban J connectivity index is 1.35. The number of ketones is 1. The molecule has 4 fully saturated rings. The number of hydrogen-bond donors (Lipinski definition) is 1. The van der Waals surface area contributed by atoms with E-state index < -0.39 is 0 Å². The first-order valence-corrected chi connectivity index (χ1v) is 17.9. The molecule has 1 aliphatic heterocycles. The van der Waals surface area contributed by atoms with Crippen molar-refractivity contribution >= 4 is 17.8 Å². The van der Waals surface area contributed by atoms with Gasteiger partial charge in [-0.3, -0.25) is 9.59 Å². The van der Waals surface area contributed by atoms with Crippen LogP contribution < -0.4 is 5.32 Å². The summed E-state index contributed by atoms with van der Waals surface area (Å²) < 4.78 is 10.6. The summed E-state index contributed by atoms with van der Waals surface area (Å²) in [5, 5.41) is 3.46. The minimum Gasteiger partial charge on any atom is -0.469 e. The molecule has 2 amide bonds. The molecule has 6 atom stereocenters. The molecule has 1 N–H and O–H groups in total. The summed E-state index contributed by atoms with van der Waals surface area (Å²) in [5.41, 5.74) is 0.824. The van der Waals surface area contributed by atoms with Gasteiger partial charge in [0.15, 0.2) is 5.78 Å². The van der Waals surface area contributed by atoms with Gasteiger partial charge in [-0.25, -0.2) is 4.79 Å². The number of urea groups is 1. The number of fused-ring (bicyclic) bond motifs is 2. The van der Waals surface area contributed by atoms with E-state index in [-0.39, 0.29) is 56.5 Å². The van der Waals surface area contributed by atoms with Crippen LogP contribution in [0.2, 0.25) is 0 Å². The van der Waals surface area contributed by atoms with Crippen LogP contribution in [-0.2, 0) is 19.1 Å². The lowest BCUT2D eigenvalue weighted by molar-refractivity contribution is -0.155. The molecular formula is C38H62N2O5. The van der Waals surface area contributed by atoms with Crippen molar-refractivity contribution in [2.45, 2.75) is 132 Å². The minimum absolute atomic E-state index is 0.0123. The predicted molar refractivity (Wildman–Crippen MR) is 178 cm³/mol.